The molecule has 1 N–H and O–H groups in total. The number of hydrogen-bond donors (Lipinski definition) is 1. The molecular formula is C19H29N3S. The Morgan fingerprint density at radius 2 is 2.17 bits per heavy atom. The van der Waals surface area contributed by atoms with E-state index in [1.807, 2.05) is 0 Å². The van der Waals surface area contributed by atoms with Crippen LogP contribution in [0.25, 0.3) is 0 Å². The summed E-state index contributed by atoms with van der Waals surface area (Å²) in [6.45, 7) is 9.52. The second-order valence-corrected chi connectivity index (χ2v) is 7.22. The van der Waals surface area contributed by atoms with Gasteiger partial charge >= 0.3 is 0 Å². The summed E-state index contributed by atoms with van der Waals surface area (Å²) in [5.74, 6) is 1.63. The Bertz CT molecular complexity index is 585. The van der Waals surface area contributed by atoms with Crippen LogP contribution in [0.5, 0.6) is 0 Å². The van der Waals surface area contributed by atoms with Gasteiger partial charge in [0.2, 0.25) is 0 Å². The molecule has 2 rings (SSSR count). The van der Waals surface area contributed by atoms with Crippen molar-refractivity contribution >= 4 is 17.0 Å². The van der Waals surface area contributed by atoms with E-state index >= 15 is 0 Å². The molecule has 0 radical (unpaired) electrons. The van der Waals surface area contributed by atoms with Gasteiger partial charge in [-0.2, -0.15) is 0 Å². The van der Waals surface area contributed by atoms with Gasteiger partial charge < -0.3 is 15.2 Å². The van der Waals surface area contributed by atoms with Crippen LogP contribution >= 0.6 is 11.3 Å². The Labute approximate surface area is 144 Å². The zero-order valence-electron chi connectivity index (χ0n) is 14.8. The van der Waals surface area contributed by atoms with E-state index in [1.54, 1.807) is 11.3 Å². The molecule has 1 atom stereocenters. The summed E-state index contributed by atoms with van der Waals surface area (Å²) in [5, 5.41) is 10.4. The van der Waals surface area contributed by atoms with Crippen LogP contribution in [-0.2, 0) is 6.54 Å². The summed E-state index contributed by atoms with van der Waals surface area (Å²) in [6, 6.07) is 2.21. The molecule has 126 valence electrons. The van der Waals surface area contributed by atoms with Crippen LogP contribution in [0.3, 0.4) is 0 Å². The first kappa shape index (κ1) is 17.8. The maximum atomic E-state index is 8.28. The fraction of sp³-hybridized carbons (Fsp3) is 0.526. The first-order valence-electron chi connectivity index (χ1n) is 8.55. The van der Waals surface area contributed by atoms with Crippen LogP contribution in [0.1, 0.15) is 44.1 Å². The van der Waals surface area contributed by atoms with Gasteiger partial charge in [0, 0.05) is 41.7 Å². The Morgan fingerprint density at radius 3 is 2.87 bits per heavy atom. The third-order valence-corrected chi connectivity index (χ3v) is 5.38. The number of rotatable bonds is 7. The lowest BCUT2D eigenvalue weighted by Gasteiger charge is -2.21. The Kier molecular flexibility index (Phi) is 6.46. The average Bonchev–Trinajstić information content (AvgIpc) is 3.15. The fourth-order valence-corrected chi connectivity index (χ4v) is 3.60. The monoisotopic (exact) mass is 331 g/mol. The molecule has 0 aromatic carbocycles. The van der Waals surface area contributed by atoms with Crippen molar-refractivity contribution in [3.63, 3.8) is 0 Å². The number of nitrogens with zero attached hydrogens (tertiary/aromatic N) is 2. The molecule has 1 unspecified atom stereocenters. The highest BCUT2D eigenvalue weighted by Crippen LogP contribution is 2.25. The Hall–Kier alpha value is -1.55. The van der Waals surface area contributed by atoms with Gasteiger partial charge in [0.15, 0.2) is 0 Å². The Morgan fingerprint density at radius 1 is 1.39 bits per heavy atom. The van der Waals surface area contributed by atoms with Crippen molar-refractivity contribution in [2.45, 2.75) is 40.2 Å². The van der Waals surface area contributed by atoms with Gasteiger partial charge in [-0.25, -0.2) is 0 Å². The van der Waals surface area contributed by atoms with E-state index in [-0.39, 0.29) is 0 Å². The molecule has 0 bridgehead atoms. The lowest BCUT2D eigenvalue weighted by atomic mass is 9.98. The van der Waals surface area contributed by atoms with E-state index in [4.69, 9.17) is 5.41 Å². The van der Waals surface area contributed by atoms with Crippen LogP contribution in [-0.4, -0.2) is 35.6 Å². The van der Waals surface area contributed by atoms with Crippen molar-refractivity contribution in [3.05, 3.63) is 45.9 Å². The Balaban J connectivity index is 2.07. The predicted molar refractivity (Wildman–Crippen MR) is 101 cm³/mol. The molecule has 1 saturated heterocycles. The molecule has 1 fully saturated rings. The third-order valence-electron chi connectivity index (χ3n) is 4.45. The SMILES string of the molecule is CC/C=C/C=C1\N(C)CCN1Cc1cc(C(=N)C(C)CC)cs1. The van der Waals surface area contributed by atoms with E-state index < -0.39 is 0 Å². The van der Waals surface area contributed by atoms with Gasteiger partial charge in [0.25, 0.3) is 0 Å². The molecular weight excluding hydrogens is 302 g/mol. The van der Waals surface area contributed by atoms with E-state index in [1.165, 1.54) is 10.7 Å². The molecule has 1 aromatic rings. The maximum absolute atomic E-state index is 8.28. The topological polar surface area (TPSA) is 30.3 Å². The highest BCUT2D eigenvalue weighted by Gasteiger charge is 2.22. The van der Waals surface area contributed by atoms with Gasteiger partial charge in [-0.05, 0) is 30.9 Å². The van der Waals surface area contributed by atoms with E-state index in [0.717, 1.165) is 43.8 Å². The minimum atomic E-state index is 0.338. The summed E-state index contributed by atoms with van der Waals surface area (Å²) >= 11 is 1.78. The smallest absolute Gasteiger partial charge is 0.104 e. The van der Waals surface area contributed by atoms with Crippen molar-refractivity contribution in [3.8, 4) is 0 Å². The largest absolute Gasteiger partial charge is 0.360 e. The third kappa shape index (κ3) is 4.47. The molecule has 2 heterocycles. The summed E-state index contributed by atoms with van der Waals surface area (Å²) in [6.07, 6.45) is 8.65. The summed E-state index contributed by atoms with van der Waals surface area (Å²) < 4.78 is 0. The van der Waals surface area contributed by atoms with E-state index in [9.17, 15) is 0 Å². The molecule has 23 heavy (non-hydrogen) atoms. The minimum absolute atomic E-state index is 0.338. The standard InChI is InChI=1S/C19H29N3S/c1-5-7-8-9-18-21(4)10-11-22(18)13-17-12-16(14-23-17)19(20)15(3)6-2/h7-9,12,14-15,20H,5-6,10-11,13H2,1-4H3/b8-7+,18-9+,20-19?. The molecule has 1 aliphatic heterocycles. The van der Waals surface area contributed by atoms with E-state index in [0.29, 0.717) is 5.92 Å². The number of thiophene rings is 1. The van der Waals surface area contributed by atoms with Crippen molar-refractivity contribution in [1.29, 1.82) is 5.41 Å². The molecule has 0 saturated carbocycles. The van der Waals surface area contributed by atoms with Crippen LogP contribution in [0, 0.1) is 11.3 Å². The number of nitrogens with one attached hydrogen (secondary N) is 1. The zero-order chi connectivity index (χ0) is 16.8. The molecule has 1 aromatic heterocycles. The molecule has 0 spiro atoms. The van der Waals surface area contributed by atoms with Gasteiger partial charge in [-0.1, -0.05) is 32.9 Å². The average molecular weight is 332 g/mol. The predicted octanol–water partition coefficient (Wildman–Crippen LogP) is 4.72. The molecule has 3 nitrogen and oxygen atoms in total. The van der Waals surface area contributed by atoms with Crippen LogP contribution in [0.15, 0.2) is 35.5 Å². The van der Waals surface area contributed by atoms with Crippen LogP contribution in [0.2, 0.25) is 0 Å². The quantitative estimate of drug-likeness (QED) is 0.733. The van der Waals surface area contributed by atoms with Crippen molar-refractivity contribution in [2.75, 3.05) is 20.1 Å². The molecule has 0 aliphatic carbocycles. The zero-order valence-corrected chi connectivity index (χ0v) is 15.6. The minimum Gasteiger partial charge on any atom is -0.360 e. The van der Waals surface area contributed by atoms with Crippen molar-refractivity contribution in [2.24, 2.45) is 5.92 Å². The van der Waals surface area contributed by atoms with E-state index in [2.05, 4.69) is 67.3 Å². The highest BCUT2D eigenvalue weighted by molar-refractivity contribution is 7.10. The number of hydrogen-bond acceptors (Lipinski definition) is 4. The summed E-state index contributed by atoms with van der Waals surface area (Å²) in [7, 11) is 2.16. The van der Waals surface area contributed by atoms with Crippen molar-refractivity contribution < 1.29 is 0 Å². The maximum Gasteiger partial charge on any atom is 0.104 e. The summed E-state index contributed by atoms with van der Waals surface area (Å²) in [4.78, 5) is 6.09. The molecule has 1 aliphatic rings. The lowest BCUT2D eigenvalue weighted by molar-refractivity contribution is 0.361. The van der Waals surface area contributed by atoms with Gasteiger partial charge in [-0.3, -0.25) is 0 Å². The first-order chi connectivity index (χ1) is 11.1. The molecule has 0 amide bonds. The van der Waals surface area contributed by atoms with Gasteiger partial charge in [0.1, 0.15) is 5.82 Å². The van der Waals surface area contributed by atoms with Gasteiger partial charge in [-0.15, -0.1) is 11.3 Å². The van der Waals surface area contributed by atoms with Gasteiger partial charge in [0.05, 0.1) is 6.54 Å². The highest BCUT2D eigenvalue weighted by atomic mass is 32.1. The number of likely N-dealkylation sites (N-methyl/N-ethyl adjacent to an activating group) is 1. The summed E-state index contributed by atoms with van der Waals surface area (Å²) in [5.41, 5.74) is 1.87. The molecule has 4 heteroatoms. The normalized spacial score (nSPS) is 18.3. The van der Waals surface area contributed by atoms with Crippen LogP contribution in [0.4, 0.5) is 0 Å². The lowest BCUT2D eigenvalue weighted by Crippen LogP contribution is -2.20. The van der Waals surface area contributed by atoms with Crippen LogP contribution < -0.4 is 0 Å². The fourth-order valence-electron chi connectivity index (χ4n) is 2.71. The van der Waals surface area contributed by atoms with Crippen molar-refractivity contribution in [1.82, 2.24) is 9.80 Å². The number of allylic oxidation sites excluding steroid dienone is 3. The second-order valence-electron chi connectivity index (χ2n) is 6.23. The second kappa shape index (κ2) is 8.34. The first-order valence-corrected chi connectivity index (χ1v) is 9.43.